The number of unbranched alkanes of at least 4 members (excludes halogenated alkanes) is 1. The van der Waals surface area contributed by atoms with Crippen molar-refractivity contribution in [1.82, 2.24) is 35.6 Å². The molecular weight excluding hydrogens is 874 g/mol. The summed E-state index contributed by atoms with van der Waals surface area (Å²) in [6, 6.07) is 1.85. The van der Waals surface area contributed by atoms with E-state index in [4.69, 9.17) is 0 Å². The average molecular weight is 944 g/mol. The summed E-state index contributed by atoms with van der Waals surface area (Å²) in [6.07, 6.45) is 0.386. The molecule has 3 amide bonds. The molecule has 1 aliphatic heterocycles. The lowest BCUT2D eigenvalue weighted by molar-refractivity contribution is -0.145. The highest BCUT2D eigenvalue weighted by Crippen LogP contribution is 2.73. The van der Waals surface area contributed by atoms with E-state index in [2.05, 4.69) is 16.0 Å². The van der Waals surface area contributed by atoms with E-state index in [1.807, 2.05) is 48.5 Å². The minimum Gasteiger partial charge on any atom is -0.480 e. The minimum atomic E-state index is -2.91. The number of rotatable bonds is 22. The first kappa shape index (κ1) is 56.2. The van der Waals surface area contributed by atoms with Crippen molar-refractivity contribution < 1.29 is 67.8 Å². The van der Waals surface area contributed by atoms with E-state index in [9.17, 15) is 63.9 Å². The fourth-order valence-electron chi connectivity index (χ4n) is 7.77. The summed E-state index contributed by atoms with van der Waals surface area (Å²) in [5.41, 5.74) is 0.131. The number of carbonyl (C=O) groups is 8. The fourth-order valence-corrected chi connectivity index (χ4v) is 11.5. The van der Waals surface area contributed by atoms with Gasteiger partial charge in [0.2, 0.25) is 11.8 Å². The van der Waals surface area contributed by atoms with Gasteiger partial charge in [-0.25, -0.2) is 4.79 Å². The molecule has 8 N–H and O–H groups in total. The molecule has 3 atom stereocenters. The maximum atomic E-state index is 16.8. The van der Waals surface area contributed by atoms with Crippen molar-refractivity contribution in [3.8, 4) is 0 Å². The predicted molar refractivity (Wildman–Crippen MR) is 241 cm³/mol. The van der Waals surface area contributed by atoms with Crippen LogP contribution in [0.2, 0.25) is 0 Å². The monoisotopic (exact) mass is 943 g/mol. The van der Waals surface area contributed by atoms with Gasteiger partial charge in [0.15, 0.2) is 0 Å². The molecule has 0 saturated carbocycles. The third-order valence-electron chi connectivity index (χ3n) is 11.0. The molecule has 22 heteroatoms. The summed E-state index contributed by atoms with van der Waals surface area (Å²) in [6.45, 7) is 11.5. The summed E-state index contributed by atoms with van der Waals surface area (Å²) < 4.78 is 15.4. The number of hydrogen-bond acceptors (Lipinski definition) is 12. The van der Waals surface area contributed by atoms with Crippen molar-refractivity contribution in [3.05, 3.63) is 29.8 Å². The van der Waals surface area contributed by atoms with Crippen LogP contribution in [0.3, 0.4) is 0 Å². The molecule has 1 fully saturated rings. The van der Waals surface area contributed by atoms with Gasteiger partial charge in [-0.05, 0) is 78.6 Å². The molecule has 20 nitrogen and oxygen atoms in total. The maximum Gasteiger partial charge on any atom is 0.326 e. The number of carboxylic acids is 5. The molecule has 65 heavy (non-hydrogen) atoms. The normalized spacial score (nSPS) is 17.3. The van der Waals surface area contributed by atoms with E-state index in [0.29, 0.717) is 17.7 Å². The van der Waals surface area contributed by atoms with Crippen LogP contribution in [0.4, 0.5) is 3.89 Å². The molecular formula is C43H70FN7O13S. The van der Waals surface area contributed by atoms with Gasteiger partial charge in [0, 0.05) is 85.3 Å². The molecule has 368 valence electrons. The highest BCUT2D eigenvalue weighted by atomic mass is 32.3. The number of nitrogens with zero attached hydrogens (tertiary/aromatic N) is 4. The zero-order valence-corrected chi connectivity index (χ0v) is 39.5. The van der Waals surface area contributed by atoms with Gasteiger partial charge < -0.3 is 41.5 Å². The maximum absolute atomic E-state index is 16.8. The Kier molecular flexibility index (Phi) is 22.2. The van der Waals surface area contributed by atoms with Crippen LogP contribution in [0, 0.1) is 0 Å². The van der Waals surface area contributed by atoms with Gasteiger partial charge in [0.1, 0.15) is 18.1 Å². The standard InChI is InChI=1S/C43H70FN7O13S/c1-8-9-10-31(40(61)62)47-39(60)32(25-45-38(59)29-11-13-30(14-12-29)65(44,42(2,3)4)43(5,6)7)46-34(52)16-15-33(41(63)64)51-23-21-49(27-36(55)56)19-17-48(26-35(53)54)18-20-50(22-24-51)28-37(57)58/h11-14,31-33H,8-10,15-28H2,1-7H3,(H,45,59)(H,46,52)(H,47,60)(H,53,54)(H,55,56)(H,57,58)(H,61,62)(H,63,64)/t31-,32-,33+/m1/s1. The van der Waals surface area contributed by atoms with Crippen LogP contribution in [0.15, 0.2) is 29.2 Å². The van der Waals surface area contributed by atoms with Gasteiger partial charge in [-0.1, -0.05) is 30.2 Å². The Labute approximate surface area is 381 Å². The minimum absolute atomic E-state index is 0.0263. The highest BCUT2D eigenvalue weighted by Gasteiger charge is 2.48. The van der Waals surface area contributed by atoms with Gasteiger partial charge in [0.25, 0.3) is 5.91 Å². The first-order valence-electron chi connectivity index (χ1n) is 21.7. The topological polar surface area (TPSA) is 287 Å². The fraction of sp³-hybridized carbons (Fsp3) is 0.674. The number of nitrogens with one attached hydrogen (secondary N) is 3. The molecule has 0 radical (unpaired) electrons. The molecule has 0 aromatic heterocycles. The molecule has 1 heterocycles. The van der Waals surface area contributed by atoms with Crippen molar-refractivity contribution in [2.45, 2.75) is 113 Å². The number of aliphatic carboxylic acids is 5. The number of halogens is 1. The van der Waals surface area contributed by atoms with Gasteiger partial charge >= 0.3 is 29.8 Å². The Hall–Kier alpha value is -4.90. The largest absolute Gasteiger partial charge is 0.480 e. The van der Waals surface area contributed by atoms with E-state index in [1.54, 1.807) is 17.0 Å². The summed E-state index contributed by atoms with van der Waals surface area (Å²) >= 11 is 0. The number of hydrogen-bond donors (Lipinski definition) is 8. The Bertz CT molecular complexity index is 1760. The molecule has 0 spiro atoms. The van der Waals surface area contributed by atoms with E-state index in [1.165, 1.54) is 26.8 Å². The van der Waals surface area contributed by atoms with Crippen LogP contribution < -0.4 is 16.0 Å². The van der Waals surface area contributed by atoms with Gasteiger partial charge in [0.05, 0.1) is 19.6 Å². The second-order valence-corrected chi connectivity index (χ2v) is 22.1. The number of carbonyl (C=O) groups excluding carboxylic acids is 3. The van der Waals surface area contributed by atoms with Crippen molar-refractivity contribution in [3.63, 3.8) is 0 Å². The zero-order valence-electron chi connectivity index (χ0n) is 38.6. The van der Waals surface area contributed by atoms with Crippen LogP contribution >= 0.6 is 10.4 Å². The number of carboxylic acid groups (broad SMARTS) is 5. The van der Waals surface area contributed by atoms with Crippen LogP contribution in [-0.2, 0) is 33.6 Å². The number of benzene rings is 1. The summed E-state index contributed by atoms with van der Waals surface area (Å²) in [4.78, 5) is 107. The summed E-state index contributed by atoms with van der Waals surface area (Å²) in [7, 11) is -2.91. The lowest BCUT2D eigenvalue weighted by Crippen LogP contribution is -2.56. The molecule has 0 aliphatic carbocycles. The van der Waals surface area contributed by atoms with Crippen molar-refractivity contribution in [2.75, 3.05) is 78.5 Å². The first-order valence-corrected chi connectivity index (χ1v) is 23.3. The van der Waals surface area contributed by atoms with Crippen molar-refractivity contribution >= 4 is 58.0 Å². The molecule has 1 aliphatic rings. The van der Waals surface area contributed by atoms with Crippen LogP contribution in [-0.4, -0.2) is 199 Å². The molecule has 0 unspecified atom stereocenters. The lowest BCUT2D eigenvalue weighted by Gasteiger charge is -2.52. The third kappa shape index (κ3) is 18.1. The molecule has 1 aromatic rings. The number of amides is 3. The molecule has 0 bridgehead atoms. The van der Waals surface area contributed by atoms with Crippen molar-refractivity contribution in [2.24, 2.45) is 0 Å². The quantitative estimate of drug-likeness (QED) is 0.0825. The van der Waals surface area contributed by atoms with E-state index < -0.39 is 112 Å². The molecule has 1 saturated heterocycles. The van der Waals surface area contributed by atoms with Crippen molar-refractivity contribution in [1.29, 1.82) is 0 Å². The highest BCUT2D eigenvalue weighted by molar-refractivity contribution is 8.31. The van der Waals surface area contributed by atoms with Gasteiger partial charge in [-0.15, -0.1) is 0 Å². The lowest BCUT2D eigenvalue weighted by atomic mass is 10.1. The Morgan fingerprint density at radius 3 is 1.48 bits per heavy atom. The predicted octanol–water partition coefficient (Wildman–Crippen LogP) is 2.01. The van der Waals surface area contributed by atoms with Gasteiger partial charge in [-0.2, -0.15) is 3.89 Å². The van der Waals surface area contributed by atoms with E-state index in [-0.39, 0.29) is 77.3 Å². The van der Waals surface area contributed by atoms with Crippen LogP contribution in [0.25, 0.3) is 0 Å². The van der Waals surface area contributed by atoms with Crippen LogP contribution in [0.1, 0.15) is 90.9 Å². The van der Waals surface area contributed by atoms with Crippen LogP contribution in [0.5, 0.6) is 0 Å². The average Bonchev–Trinajstić information content (AvgIpc) is 3.19. The van der Waals surface area contributed by atoms with E-state index in [0.717, 1.165) is 0 Å². The second kappa shape index (κ2) is 25.7. The van der Waals surface area contributed by atoms with E-state index >= 15 is 3.89 Å². The zero-order chi connectivity index (χ0) is 49.3. The Balaban J connectivity index is 2.36. The first-order chi connectivity index (χ1) is 30.2. The summed E-state index contributed by atoms with van der Waals surface area (Å²) in [5, 5.41) is 56.3. The summed E-state index contributed by atoms with van der Waals surface area (Å²) in [5.74, 6) is -8.50. The van der Waals surface area contributed by atoms with Gasteiger partial charge in [-0.3, -0.25) is 53.2 Å². The third-order valence-corrected chi connectivity index (χ3v) is 15.3. The Morgan fingerprint density at radius 2 is 1.09 bits per heavy atom. The SMILES string of the molecule is CCCC[C@@H](NC(=O)[C@@H](CNC(=O)c1ccc(S(F)(C(C)(C)C)C(C)(C)C)cc1)NC(=O)CC[C@@H](C(=O)O)N1CCN(CC(=O)O)CCN(CC(=O)O)CCN(CC(=O)O)CC1)C(=O)O. The molecule has 1 aromatic carbocycles. The second-order valence-electron chi connectivity index (χ2n) is 18.1. The smallest absolute Gasteiger partial charge is 0.326 e. The Morgan fingerprint density at radius 1 is 0.646 bits per heavy atom. The molecule has 2 rings (SSSR count).